The van der Waals surface area contributed by atoms with E-state index in [2.05, 4.69) is 26.5 Å². The Kier molecular flexibility index (Phi) is 8.04. The van der Waals surface area contributed by atoms with Gasteiger partial charge in [0.1, 0.15) is 29.1 Å². The molecule has 0 spiro atoms. The summed E-state index contributed by atoms with van der Waals surface area (Å²) < 4.78 is 35.8. The third-order valence-electron chi connectivity index (χ3n) is 9.63. The molecule has 0 aliphatic carbocycles. The number of ether oxygens (including phenoxy) is 3. The van der Waals surface area contributed by atoms with Crippen LogP contribution in [0.1, 0.15) is 35.2 Å². The molecule has 10 nitrogen and oxygen atoms in total. The zero-order valence-corrected chi connectivity index (χ0v) is 26.3. The lowest BCUT2D eigenvalue weighted by Gasteiger charge is -2.29. The van der Waals surface area contributed by atoms with Crippen molar-refractivity contribution in [2.45, 2.75) is 25.9 Å². The van der Waals surface area contributed by atoms with E-state index in [0.717, 1.165) is 88.4 Å². The summed E-state index contributed by atoms with van der Waals surface area (Å²) in [6.45, 7) is 8.16. The van der Waals surface area contributed by atoms with Crippen molar-refractivity contribution in [1.29, 1.82) is 0 Å². The number of nitrogens with zero attached hydrogens (tertiary/aromatic N) is 3. The highest BCUT2D eigenvalue weighted by molar-refractivity contribution is 6.01. The maximum atomic E-state index is 16.0. The molecule has 4 aliphatic rings. The normalized spacial score (nSPS) is 17.0. The highest BCUT2D eigenvalue weighted by atomic mass is 19.1. The number of hydrogen-bond donors (Lipinski definition) is 2. The molecule has 0 saturated carbocycles. The number of halogens is 1. The number of nitrogens with one attached hydrogen (secondary N) is 2. The quantitative estimate of drug-likeness (QED) is 0.223. The summed E-state index contributed by atoms with van der Waals surface area (Å²) in [5.74, 6) is 0.225. The monoisotopic (exact) mass is 639 g/mol. The number of anilines is 1. The lowest BCUT2D eigenvalue weighted by atomic mass is 9.95. The lowest BCUT2D eigenvalue weighted by molar-refractivity contribution is 0.0378. The molecule has 0 atom stereocenters. The highest BCUT2D eigenvalue weighted by Gasteiger charge is 2.31. The number of pyridine rings is 1. The van der Waals surface area contributed by atoms with Gasteiger partial charge in [-0.3, -0.25) is 14.5 Å². The summed E-state index contributed by atoms with van der Waals surface area (Å²) in [6, 6.07) is 13.1. The van der Waals surface area contributed by atoms with Crippen LogP contribution in [0.15, 0.2) is 53.5 Å². The van der Waals surface area contributed by atoms with E-state index in [4.69, 9.17) is 14.2 Å². The SMILES string of the molecule is O=C(NCCN1CCCC1)c1cn2c3c(c(NCCCN4CCOCC4)c(F)cc3c1=O)Oc1cc3c(cc1-2)-c1ccccc1CO3. The molecule has 2 saturated heterocycles. The Morgan fingerprint density at radius 1 is 0.915 bits per heavy atom. The Hall–Kier alpha value is -4.45. The largest absolute Gasteiger partial charge is 0.488 e. The molecule has 0 bridgehead atoms. The Bertz CT molecular complexity index is 1910. The number of carbonyl (C=O) groups excluding carboxylic acids is 1. The van der Waals surface area contributed by atoms with E-state index in [-0.39, 0.29) is 22.4 Å². The van der Waals surface area contributed by atoms with E-state index in [0.29, 0.717) is 42.4 Å². The van der Waals surface area contributed by atoms with Gasteiger partial charge in [0, 0.05) is 50.6 Å². The van der Waals surface area contributed by atoms with Crippen LogP contribution in [0.5, 0.6) is 17.2 Å². The Labute approximate surface area is 272 Å². The molecule has 0 radical (unpaired) electrons. The van der Waals surface area contributed by atoms with Crippen LogP contribution in [-0.2, 0) is 11.3 Å². The van der Waals surface area contributed by atoms with Crippen molar-refractivity contribution in [2.24, 2.45) is 0 Å². The molecular formula is C36H38FN5O5. The van der Waals surface area contributed by atoms with Crippen molar-refractivity contribution in [2.75, 3.05) is 70.9 Å². The summed E-state index contributed by atoms with van der Waals surface area (Å²) >= 11 is 0. The van der Waals surface area contributed by atoms with Crippen molar-refractivity contribution in [3.05, 3.63) is 75.8 Å². The zero-order valence-electron chi connectivity index (χ0n) is 26.3. The van der Waals surface area contributed by atoms with Crippen LogP contribution >= 0.6 is 0 Å². The summed E-state index contributed by atoms with van der Waals surface area (Å²) in [6.07, 6.45) is 4.67. The van der Waals surface area contributed by atoms with Crippen molar-refractivity contribution >= 4 is 22.5 Å². The van der Waals surface area contributed by atoms with Gasteiger partial charge in [-0.15, -0.1) is 0 Å². The molecule has 4 aromatic rings. The van der Waals surface area contributed by atoms with E-state index in [1.54, 1.807) is 10.8 Å². The summed E-state index contributed by atoms with van der Waals surface area (Å²) in [5.41, 5.74) is 3.64. The van der Waals surface area contributed by atoms with Gasteiger partial charge in [0.2, 0.25) is 5.43 Å². The van der Waals surface area contributed by atoms with Gasteiger partial charge in [-0.25, -0.2) is 4.39 Å². The number of fused-ring (bicyclic) bond motifs is 5. The highest BCUT2D eigenvalue weighted by Crippen LogP contribution is 2.49. The molecule has 244 valence electrons. The van der Waals surface area contributed by atoms with E-state index in [1.165, 1.54) is 6.07 Å². The molecule has 5 heterocycles. The standard InChI is InChI=1S/C36H38FN5O5/c37-28-18-26-33-35(32(28)38-8-5-12-41-14-16-45-17-15-41)47-31-20-30-25(24-7-2-1-6-23(24)22-46-30)19-29(31)42(33)21-27(34(26)43)36(44)39-9-13-40-10-3-4-11-40/h1-2,6-7,18-21,38H,3-5,8-17,22H2,(H,39,44). The Balaban J connectivity index is 1.19. The smallest absolute Gasteiger partial charge is 0.256 e. The molecule has 47 heavy (non-hydrogen) atoms. The number of likely N-dealkylation sites (tertiary alicyclic amines) is 1. The first kappa shape index (κ1) is 29.9. The molecule has 11 heteroatoms. The van der Waals surface area contributed by atoms with Crippen molar-refractivity contribution in [3.63, 3.8) is 0 Å². The predicted octanol–water partition coefficient (Wildman–Crippen LogP) is 4.75. The maximum Gasteiger partial charge on any atom is 0.256 e. The zero-order chi connectivity index (χ0) is 31.9. The number of morpholine rings is 1. The minimum Gasteiger partial charge on any atom is -0.488 e. The molecular weight excluding hydrogens is 601 g/mol. The summed E-state index contributed by atoms with van der Waals surface area (Å²) in [5, 5.41) is 6.27. The molecule has 1 aromatic heterocycles. The van der Waals surface area contributed by atoms with Crippen LogP contribution < -0.4 is 25.5 Å². The van der Waals surface area contributed by atoms with E-state index in [1.807, 2.05) is 30.3 Å². The summed E-state index contributed by atoms with van der Waals surface area (Å²) in [7, 11) is 0. The van der Waals surface area contributed by atoms with Gasteiger partial charge in [0.05, 0.1) is 24.3 Å². The van der Waals surface area contributed by atoms with Crippen LogP contribution in [0.3, 0.4) is 0 Å². The van der Waals surface area contributed by atoms with Gasteiger partial charge in [0.25, 0.3) is 5.91 Å². The van der Waals surface area contributed by atoms with Gasteiger partial charge in [0.15, 0.2) is 17.3 Å². The van der Waals surface area contributed by atoms with Gasteiger partial charge in [-0.05, 0) is 62.2 Å². The van der Waals surface area contributed by atoms with E-state index >= 15 is 4.39 Å². The van der Waals surface area contributed by atoms with E-state index < -0.39 is 17.2 Å². The van der Waals surface area contributed by atoms with Crippen LogP contribution in [0.2, 0.25) is 0 Å². The second-order valence-corrected chi connectivity index (χ2v) is 12.6. The van der Waals surface area contributed by atoms with Gasteiger partial charge < -0.3 is 34.3 Å². The average Bonchev–Trinajstić information content (AvgIpc) is 3.62. The number of benzene rings is 3. The third kappa shape index (κ3) is 5.62. The minimum atomic E-state index is -0.610. The van der Waals surface area contributed by atoms with Crippen LogP contribution in [0, 0.1) is 5.82 Å². The van der Waals surface area contributed by atoms with Crippen molar-refractivity contribution < 1.29 is 23.4 Å². The second kappa shape index (κ2) is 12.6. The fourth-order valence-electron chi connectivity index (χ4n) is 7.14. The number of rotatable bonds is 9. The van der Waals surface area contributed by atoms with Gasteiger partial charge in [-0.2, -0.15) is 0 Å². The molecule has 1 amide bonds. The molecule has 2 fully saturated rings. The predicted molar refractivity (Wildman–Crippen MR) is 178 cm³/mol. The second-order valence-electron chi connectivity index (χ2n) is 12.6. The van der Waals surface area contributed by atoms with Crippen LogP contribution in [0.4, 0.5) is 10.1 Å². The van der Waals surface area contributed by atoms with Gasteiger partial charge >= 0.3 is 0 Å². The fourth-order valence-corrected chi connectivity index (χ4v) is 7.14. The maximum absolute atomic E-state index is 16.0. The van der Waals surface area contributed by atoms with Crippen LogP contribution in [0.25, 0.3) is 27.7 Å². The van der Waals surface area contributed by atoms with Crippen LogP contribution in [-0.4, -0.2) is 85.8 Å². The van der Waals surface area contributed by atoms with Crippen molar-refractivity contribution in [1.82, 2.24) is 19.7 Å². The number of hydrogen-bond acceptors (Lipinski definition) is 8. The number of carbonyl (C=O) groups is 1. The van der Waals surface area contributed by atoms with Crippen molar-refractivity contribution in [3.8, 4) is 34.1 Å². The molecule has 2 N–H and O–H groups in total. The lowest BCUT2D eigenvalue weighted by Crippen LogP contribution is -2.37. The van der Waals surface area contributed by atoms with E-state index in [9.17, 15) is 9.59 Å². The first-order chi connectivity index (χ1) is 23.0. The topological polar surface area (TPSA) is 97.3 Å². The first-order valence-electron chi connectivity index (χ1n) is 16.6. The Morgan fingerprint density at radius 3 is 2.57 bits per heavy atom. The third-order valence-corrected chi connectivity index (χ3v) is 9.63. The van der Waals surface area contributed by atoms with Gasteiger partial charge in [-0.1, -0.05) is 24.3 Å². The molecule has 3 aromatic carbocycles. The summed E-state index contributed by atoms with van der Waals surface area (Å²) in [4.78, 5) is 32.0. The molecule has 8 rings (SSSR count). The molecule has 4 aliphatic heterocycles. The first-order valence-corrected chi connectivity index (χ1v) is 16.6. The fraction of sp³-hybridized carbons (Fsp3) is 0.389. The molecule has 0 unspecified atom stereocenters. The number of amides is 1. The average molecular weight is 640 g/mol. The Morgan fingerprint density at radius 2 is 1.72 bits per heavy atom. The minimum absolute atomic E-state index is 0.0438. The number of aromatic nitrogens is 1.